The zero-order valence-electron chi connectivity index (χ0n) is 11.9. The molecule has 0 bridgehead atoms. The summed E-state index contributed by atoms with van der Waals surface area (Å²) in [5.74, 6) is 0.659. The number of nitrogens with zero attached hydrogens (tertiary/aromatic N) is 2. The van der Waals surface area contributed by atoms with Crippen LogP contribution in [0.1, 0.15) is 18.4 Å². The molecule has 3 rings (SSSR count). The van der Waals surface area contributed by atoms with Crippen LogP contribution in [0.3, 0.4) is 0 Å². The molecule has 0 aromatic heterocycles. The number of likely N-dealkylation sites (tertiary alicyclic amines) is 2. The quantitative estimate of drug-likeness (QED) is 0.784. The van der Waals surface area contributed by atoms with E-state index >= 15 is 0 Å². The van der Waals surface area contributed by atoms with Crippen molar-refractivity contribution in [2.45, 2.75) is 25.4 Å². The highest BCUT2D eigenvalue weighted by Crippen LogP contribution is 2.26. The van der Waals surface area contributed by atoms with Gasteiger partial charge in [-0.25, -0.2) is 0 Å². The van der Waals surface area contributed by atoms with E-state index in [1.54, 1.807) is 0 Å². The van der Waals surface area contributed by atoms with E-state index in [1.807, 2.05) is 6.08 Å². The second-order valence-corrected chi connectivity index (χ2v) is 5.91. The normalized spacial score (nSPS) is 27.2. The molecule has 3 nitrogen and oxygen atoms in total. The van der Waals surface area contributed by atoms with E-state index in [0.29, 0.717) is 24.3 Å². The van der Waals surface area contributed by atoms with Gasteiger partial charge in [0.2, 0.25) is 5.91 Å². The minimum absolute atomic E-state index is 0.307. The second kappa shape index (κ2) is 5.80. The average Bonchev–Trinajstić information content (AvgIpc) is 3.06. The molecule has 0 saturated carbocycles. The smallest absolute Gasteiger partial charge is 0.223 e. The van der Waals surface area contributed by atoms with E-state index < -0.39 is 0 Å². The van der Waals surface area contributed by atoms with Crippen LogP contribution < -0.4 is 0 Å². The maximum Gasteiger partial charge on any atom is 0.223 e. The van der Waals surface area contributed by atoms with Gasteiger partial charge in [-0.05, 0) is 12.0 Å². The molecule has 0 radical (unpaired) electrons. The molecule has 3 heteroatoms. The van der Waals surface area contributed by atoms with Crippen LogP contribution in [0.5, 0.6) is 0 Å². The van der Waals surface area contributed by atoms with Gasteiger partial charge in [0, 0.05) is 44.6 Å². The van der Waals surface area contributed by atoms with Crippen molar-refractivity contribution in [1.82, 2.24) is 9.80 Å². The number of hydrogen-bond donors (Lipinski definition) is 0. The van der Waals surface area contributed by atoms with Crippen LogP contribution in [-0.4, -0.2) is 41.4 Å². The number of amides is 1. The Morgan fingerprint density at radius 3 is 2.75 bits per heavy atom. The Bertz CT molecular complexity index is 485. The van der Waals surface area contributed by atoms with E-state index in [4.69, 9.17) is 0 Å². The van der Waals surface area contributed by atoms with Crippen LogP contribution in [-0.2, 0) is 11.3 Å². The lowest BCUT2D eigenvalue weighted by atomic mass is 10.1. The van der Waals surface area contributed by atoms with Gasteiger partial charge in [-0.15, -0.1) is 6.58 Å². The number of hydrogen-bond acceptors (Lipinski definition) is 2. The third-order valence-corrected chi connectivity index (χ3v) is 4.46. The summed E-state index contributed by atoms with van der Waals surface area (Å²) in [6.45, 7) is 7.77. The summed E-state index contributed by atoms with van der Waals surface area (Å²) >= 11 is 0. The topological polar surface area (TPSA) is 23.6 Å². The van der Waals surface area contributed by atoms with E-state index in [9.17, 15) is 4.79 Å². The van der Waals surface area contributed by atoms with Gasteiger partial charge in [-0.2, -0.15) is 0 Å². The van der Waals surface area contributed by atoms with E-state index in [2.05, 4.69) is 46.7 Å². The van der Waals surface area contributed by atoms with Gasteiger partial charge in [-0.3, -0.25) is 9.69 Å². The van der Waals surface area contributed by atoms with Gasteiger partial charge in [0.1, 0.15) is 0 Å². The Kier molecular flexibility index (Phi) is 3.88. The lowest BCUT2D eigenvalue weighted by Gasteiger charge is -2.24. The summed E-state index contributed by atoms with van der Waals surface area (Å²) in [4.78, 5) is 16.6. The molecule has 0 aliphatic carbocycles. The maximum atomic E-state index is 12.1. The first kappa shape index (κ1) is 13.4. The summed E-state index contributed by atoms with van der Waals surface area (Å²) in [6, 6.07) is 11.0. The first-order valence-corrected chi connectivity index (χ1v) is 7.44. The molecule has 1 aromatic rings. The summed E-state index contributed by atoms with van der Waals surface area (Å²) in [6.07, 6.45) is 3.68. The lowest BCUT2D eigenvalue weighted by molar-refractivity contribution is -0.129. The van der Waals surface area contributed by atoms with E-state index in [-0.39, 0.29) is 0 Å². The fourth-order valence-corrected chi connectivity index (χ4v) is 3.32. The van der Waals surface area contributed by atoms with E-state index in [0.717, 1.165) is 32.6 Å². The third-order valence-electron chi connectivity index (χ3n) is 4.46. The molecule has 2 saturated heterocycles. The summed E-state index contributed by atoms with van der Waals surface area (Å²) in [5.41, 5.74) is 1.35. The molecular weight excluding hydrogens is 248 g/mol. The molecule has 2 fully saturated rings. The van der Waals surface area contributed by atoms with E-state index in [1.165, 1.54) is 5.56 Å². The Hall–Kier alpha value is -1.61. The molecule has 2 aliphatic rings. The average molecular weight is 270 g/mol. The van der Waals surface area contributed by atoms with Crippen LogP contribution in [0.2, 0.25) is 0 Å². The molecule has 1 aromatic carbocycles. The molecule has 20 heavy (non-hydrogen) atoms. The van der Waals surface area contributed by atoms with Crippen LogP contribution in [0.15, 0.2) is 43.0 Å². The Balaban J connectivity index is 1.57. The SMILES string of the molecule is C=CC1CC(=O)N(C2CCN(Cc3ccccc3)C2)C1. The van der Waals surface area contributed by atoms with Gasteiger partial charge >= 0.3 is 0 Å². The summed E-state index contributed by atoms with van der Waals surface area (Å²) in [7, 11) is 0. The molecular formula is C17H22N2O. The Morgan fingerprint density at radius 1 is 1.25 bits per heavy atom. The van der Waals surface area contributed by atoms with Crippen LogP contribution >= 0.6 is 0 Å². The fourth-order valence-electron chi connectivity index (χ4n) is 3.32. The van der Waals surface area contributed by atoms with Crippen LogP contribution in [0, 0.1) is 5.92 Å². The van der Waals surface area contributed by atoms with Gasteiger partial charge in [0.05, 0.1) is 0 Å². The number of carbonyl (C=O) groups is 1. The standard InChI is InChI=1S/C17H22N2O/c1-2-14-10-17(20)19(12-14)16-8-9-18(13-16)11-15-6-4-3-5-7-15/h2-7,14,16H,1,8-13H2. The molecule has 2 atom stereocenters. The fraction of sp³-hybridized carbons (Fsp3) is 0.471. The molecule has 0 spiro atoms. The minimum Gasteiger partial charge on any atom is -0.338 e. The van der Waals surface area contributed by atoms with Crippen molar-refractivity contribution in [3.63, 3.8) is 0 Å². The van der Waals surface area contributed by atoms with Gasteiger partial charge in [-0.1, -0.05) is 36.4 Å². The second-order valence-electron chi connectivity index (χ2n) is 5.91. The number of carbonyl (C=O) groups excluding carboxylic acids is 1. The zero-order chi connectivity index (χ0) is 13.9. The predicted molar refractivity (Wildman–Crippen MR) is 80.1 cm³/mol. The van der Waals surface area contributed by atoms with Crippen molar-refractivity contribution < 1.29 is 4.79 Å². The summed E-state index contributed by atoms with van der Waals surface area (Å²) < 4.78 is 0. The molecule has 2 heterocycles. The van der Waals surface area contributed by atoms with Gasteiger partial charge < -0.3 is 4.90 Å². The van der Waals surface area contributed by atoms with Crippen molar-refractivity contribution in [3.05, 3.63) is 48.6 Å². The number of benzene rings is 1. The third kappa shape index (κ3) is 2.78. The summed E-state index contributed by atoms with van der Waals surface area (Å²) in [5, 5.41) is 0. The molecule has 0 N–H and O–H groups in total. The van der Waals surface area contributed by atoms with Crippen molar-refractivity contribution >= 4 is 5.91 Å². The van der Waals surface area contributed by atoms with Crippen LogP contribution in [0.25, 0.3) is 0 Å². The maximum absolute atomic E-state index is 12.1. The van der Waals surface area contributed by atoms with Crippen molar-refractivity contribution in [1.29, 1.82) is 0 Å². The minimum atomic E-state index is 0.307. The Morgan fingerprint density at radius 2 is 2.05 bits per heavy atom. The molecule has 106 valence electrons. The van der Waals surface area contributed by atoms with Crippen molar-refractivity contribution in [2.24, 2.45) is 5.92 Å². The number of rotatable bonds is 4. The van der Waals surface area contributed by atoms with Gasteiger partial charge in [0.25, 0.3) is 0 Å². The predicted octanol–water partition coefficient (Wildman–Crippen LogP) is 2.30. The highest BCUT2D eigenvalue weighted by Gasteiger charge is 2.36. The zero-order valence-corrected chi connectivity index (χ0v) is 11.9. The molecule has 2 aliphatic heterocycles. The van der Waals surface area contributed by atoms with Crippen LogP contribution in [0.4, 0.5) is 0 Å². The molecule has 2 unspecified atom stereocenters. The van der Waals surface area contributed by atoms with Crippen molar-refractivity contribution in [3.8, 4) is 0 Å². The van der Waals surface area contributed by atoms with Crippen molar-refractivity contribution in [2.75, 3.05) is 19.6 Å². The first-order valence-electron chi connectivity index (χ1n) is 7.44. The largest absolute Gasteiger partial charge is 0.338 e. The lowest BCUT2D eigenvalue weighted by Crippen LogP contribution is -2.38. The Labute approximate surface area is 120 Å². The molecule has 1 amide bonds. The highest BCUT2D eigenvalue weighted by molar-refractivity contribution is 5.79. The monoisotopic (exact) mass is 270 g/mol. The highest BCUT2D eigenvalue weighted by atomic mass is 16.2. The van der Waals surface area contributed by atoms with Gasteiger partial charge in [0.15, 0.2) is 0 Å². The first-order chi connectivity index (χ1) is 9.76.